The van der Waals surface area contributed by atoms with Crippen LogP contribution >= 0.6 is 12.6 Å². The van der Waals surface area contributed by atoms with Gasteiger partial charge >= 0.3 is 0 Å². The second kappa shape index (κ2) is 1.52. The summed E-state index contributed by atoms with van der Waals surface area (Å²) in [4.78, 5) is 1.09. The first-order valence-electron chi connectivity index (χ1n) is 1.95. The lowest BCUT2D eigenvalue weighted by atomic mass is 10.5. The van der Waals surface area contributed by atoms with E-state index in [0.717, 1.165) is 11.3 Å². The topological polar surface area (TPSA) is 0 Å². The summed E-state index contributed by atoms with van der Waals surface area (Å²) in [5, 5.41) is 0. The van der Waals surface area contributed by atoms with Crippen molar-refractivity contribution in [3.8, 4) is 0 Å². The Morgan fingerprint density at radius 1 is 1.67 bits per heavy atom. The molecule has 1 rings (SSSR count). The molecule has 0 saturated carbocycles. The van der Waals surface area contributed by atoms with E-state index in [-0.39, 0.29) is 0 Å². The van der Waals surface area contributed by atoms with Crippen LogP contribution in [0, 0.1) is 0 Å². The molecular weight excluding hydrogens is 92.1 g/mol. The fourth-order valence-corrected chi connectivity index (χ4v) is 0.656. The fraction of sp³-hybridized carbons (Fsp3) is 0.200. The second-order valence-electron chi connectivity index (χ2n) is 1.27. The molecule has 1 aliphatic rings. The zero-order valence-electron chi connectivity index (χ0n) is 3.39. The lowest BCUT2D eigenvalue weighted by molar-refractivity contribution is 1.45. The molecule has 0 bridgehead atoms. The summed E-state index contributed by atoms with van der Waals surface area (Å²) in [6, 6.07) is 0. The van der Waals surface area contributed by atoms with Crippen LogP contribution in [0.15, 0.2) is 23.1 Å². The second-order valence-corrected chi connectivity index (χ2v) is 1.78. The van der Waals surface area contributed by atoms with Crippen LogP contribution < -0.4 is 0 Å². The summed E-state index contributed by atoms with van der Waals surface area (Å²) in [6.07, 6.45) is 7.23. The molecule has 0 amide bonds. The number of rotatable bonds is 0. The van der Waals surface area contributed by atoms with Gasteiger partial charge in [0.2, 0.25) is 0 Å². The molecule has 0 radical (unpaired) electrons. The van der Waals surface area contributed by atoms with Gasteiger partial charge < -0.3 is 0 Å². The highest BCUT2D eigenvalue weighted by Gasteiger charge is 1.85. The minimum atomic E-state index is 1.07. The standard InChI is InChI=1S/C5H6S/c6-5-3-1-2-4-5/h1,3-4,6H,2H2. The lowest BCUT2D eigenvalue weighted by Gasteiger charge is -1.71. The average molecular weight is 98.2 g/mol. The summed E-state index contributed by atoms with van der Waals surface area (Å²) >= 11 is 4.07. The molecule has 32 valence electrons. The number of thiol groups is 1. The molecule has 0 fully saturated rings. The Morgan fingerprint density at radius 2 is 2.50 bits per heavy atom. The lowest BCUT2D eigenvalue weighted by Crippen LogP contribution is -1.45. The van der Waals surface area contributed by atoms with Crippen LogP contribution in [0.3, 0.4) is 0 Å². The molecule has 0 aromatic carbocycles. The fourth-order valence-electron chi connectivity index (χ4n) is 0.446. The number of hydrogen-bond donors (Lipinski definition) is 1. The predicted octanol–water partition coefficient (Wildman–Crippen LogP) is 1.76. The minimum absolute atomic E-state index is 1.07. The Labute approximate surface area is 43.0 Å². The van der Waals surface area contributed by atoms with Gasteiger partial charge in [-0.3, -0.25) is 0 Å². The maximum Gasteiger partial charge on any atom is 0.00000661 e. The largest absolute Gasteiger partial charge is 0.144 e. The first-order valence-corrected chi connectivity index (χ1v) is 2.40. The predicted molar refractivity (Wildman–Crippen MR) is 30.8 cm³/mol. The van der Waals surface area contributed by atoms with Gasteiger partial charge in [-0.1, -0.05) is 18.2 Å². The van der Waals surface area contributed by atoms with E-state index in [1.165, 1.54) is 0 Å². The molecule has 0 N–H and O–H groups in total. The molecule has 6 heavy (non-hydrogen) atoms. The summed E-state index contributed by atoms with van der Waals surface area (Å²) in [5.74, 6) is 0. The van der Waals surface area contributed by atoms with Crippen molar-refractivity contribution in [1.82, 2.24) is 0 Å². The molecule has 0 atom stereocenters. The third-order valence-electron chi connectivity index (χ3n) is 0.752. The first-order chi connectivity index (χ1) is 2.89. The molecule has 0 saturated heterocycles. The zero-order chi connectivity index (χ0) is 4.41. The van der Waals surface area contributed by atoms with Crippen molar-refractivity contribution in [1.29, 1.82) is 0 Å². The zero-order valence-corrected chi connectivity index (χ0v) is 4.28. The monoisotopic (exact) mass is 98.0 g/mol. The van der Waals surface area contributed by atoms with Crippen LogP contribution in [0.5, 0.6) is 0 Å². The average Bonchev–Trinajstić information content (AvgIpc) is 1.86. The van der Waals surface area contributed by atoms with Crippen LogP contribution in [0.25, 0.3) is 0 Å². The smallest absolute Gasteiger partial charge is 0.00000661 e. The van der Waals surface area contributed by atoms with E-state index < -0.39 is 0 Å². The Hall–Kier alpha value is -0.170. The van der Waals surface area contributed by atoms with Crippen molar-refractivity contribution < 1.29 is 0 Å². The molecule has 0 aliphatic heterocycles. The molecule has 0 heterocycles. The molecule has 0 aromatic heterocycles. The van der Waals surface area contributed by atoms with Gasteiger partial charge in [-0.25, -0.2) is 0 Å². The highest BCUT2D eigenvalue weighted by Crippen LogP contribution is 2.10. The van der Waals surface area contributed by atoms with Crippen LogP contribution in [0.4, 0.5) is 0 Å². The van der Waals surface area contributed by atoms with Crippen LogP contribution in [0.2, 0.25) is 0 Å². The van der Waals surface area contributed by atoms with Crippen molar-refractivity contribution in [3.05, 3.63) is 23.1 Å². The van der Waals surface area contributed by atoms with E-state index >= 15 is 0 Å². The van der Waals surface area contributed by atoms with Crippen LogP contribution in [-0.2, 0) is 0 Å². The van der Waals surface area contributed by atoms with E-state index in [1.807, 2.05) is 6.08 Å². The van der Waals surface area contributed by atoms with Crippen LogP contribution in [0.1, 0.15) is 6.42 Å². The van der Waals surface area contributed by atoms with Crippen molar-refractivity contribution in [2.24, 2.45) is 0 Å². The van der Waals surface area contributed by atoms with Crippen molar-refractivity contribution in [2.45, 2.75) is 6.42 Å². The third kappa shape index (κ3) is 0.658. The van der Waals surface area contributed by atoms with Gasteiger partial charge in [-0.15, -0.1) is 12.6 Å². The molecule has 0 spiro atoms. The van der Waals surface area contributed by atoms with E-state index in [2.05, 4.69) is 24.8 Å². The molecule has 0 aromatic rings. The summed E-state index contributed by atoms with van der Waals surface area (Å²) < 4.78 is 0. The Balaban J connectivity index is 2.68. The maximum atomic E-state index is 4.07. The quantitative estimate of drug-likeness (QED) is 0.438. The van der Waals surface area contributed by atoms with Gasteiger partial charge in [0.1, 0.15) is 0 Å². The van der Waals surface area contributed by atoms with Gasteiger partial charge in [0, 0.05) is 4.91 Å². The van der Waals surface area contributed by atoms with Gasteiger partial charge in [0.05, 0.1) is 0 Å². The number of allylic oxidation sites excluding steroid dienone is 3. The molecule has 0 unspecified atom stereocenters. The molecular formula is C5H6S. The maximum absolute atomic E-state index is 4.07. The van der Waals surface area contributed by atoms with Crippen LogP contribution in [-0.4, -0.2) is 0 Å². The first kappa shape index (κ1) is 4.00. The SMILES string of the molecule is SC1=CCC=C1. The third-order valence-corrected chi connectivity index (χ3v) is 1.08. The molecule has 1 heteroatoms. The normalized spacial score (nSPS) is 18.5. The van der Waals surface area contributed by atoms with E-state index in [4.69, 9.17) is 0 Å². The number of hydrogen-bond acceptors (Lipinski definition) is 1. The van der Waals surface area contributed by atoms with Gasteiger partial charge in [-0.05, 0) is 6.42 Å². The Morgan fingerprint density at radius 3 is 2.67 bits per heavy atom. The van der Waals surface area contributed by atoms with Gasteiger partial charge in [-0.2, -0.15) is 0 Å². The molecule has 1 aliphatic carbocycles. The Bertz CT molecular complexity index is 97.8. The summed E-state index contributed by atoms with van der Waals surface area (Å²) in [6.45, 7) is 0. The molecule has 0 nitrogen and oxygen atoms in total. The highest BCUT2D eigenvalue weighted by molar-refractivity contribution is 7.84. The highest BCUT2D eigenvalue weighted by atomic mass is 32.1. The van der Waals surface area contributed by atoms with E-state index in [0.29, 0.717) is 0 Å². The van der Waals surface area contributed by atoms with E-state index in [9.17, 15) is 0 Å². The summed E-state index contributed by atoms with van der Waals surface area (Å²) in [7, 11) is 0. The van der Waals surface area contributed by atoms with Crippen molar-refractivity contribution in [3.63, 3.8) is 0 Å². The van der Waals surface area contributed by atoms with Gasteiger partial charge in [0.25, 0.3) is 0 Å². The minimum Gasteiger partial charge on any atom is -0.144 e. The van der Waals surface area contributed by atoms with Gasteiger partial charge in [0.15, 0.2) is 0 Å². The van der Waals surface area contributed by atoms with Crippen molar-refractivity contribution >= 4 is 12.6 Å². The van der Waals surface area contributed by atoms with Crippen molar-refractivity contribution in [2.75, 3.05) is 0 Å². The summed E-state index contributed by atoms with van der Waals surface area (Å²) in [5.41, 5.74) is 0. The van der Waals surface area contributed by atoms with E-state index in [1.54, 1.807) is 0 Å². The Kier molecular flexibility index (Phi) is 1.01.